The predicted molar refractivity (Wildman–Crippen MR) is 111 cm³/mol. The monoisotopic (exact) mass is 418 g/mol. The van der Waals surface area contributed by atoms with Crippen molar-refractivity contribution in [1.82, 2.24) is 24.9 Å². The highest BCUT2D eigenvalue weighted by Crippen LogP contribution is 2.27. The molecule has 4 aromatic rings. The van der Waals surface area contributed by atoms with Crippen LogP contribution in [0.4, 0.5) is 10.1 Å². The van der Waals surface area contributed by atoms with Crippen molar-refractivity contribution in [2.24, 2.45) is 0 Å². The first-order chi connectivity index (χ1) is 15.2. The Kier molecular flexibility index (Phi) is 4.99. The Labute approximate surface area is 177 Å². The molecule has 0 radical (unpaired) electrons. The number of pyridine rings is 1. The Morgan fingerprint density at radius 2 is 2.03 bits per heavy atom. The van der Waals surface area contributed by atoms with E-state index in [4.69, 9.17) is 4.52 Å². The van der Waals surface area contributed by atoms with Gasteiger partial charge in [0.25, 0.3) is 5.91 Å². The molecule has 1 N–H and O–H groups in total. The Morgan fingerprint density at radius 3 is 2.90 bits per heavy atom. The zero-order valence-corrected chi connectivity index (χ0v) is 16.6. The summed E-state index contributed by atoms with van der Waals surface area (Å²) in [4.78, 5) is 16.7. The second kappa shape index (κ2) is 8.10. The lowest BCUT2D eigenvalue weighted by Gasteiger charge is -2.10. The van der Waals surface area contributed by atoms with Crippen LogP contribution in [0.1, 0.15) is 35.6 Å². The molecular weight excluding hydrogens is 399 g/mol. The van der Waals surface area contributed by atoms with Crippen molar-refractivity contribution >= 4 is 11.6 Å². The first-order valence-electron chi connectivity index (χ1n) is 10.1. The van der Waals surface area contributed by atoms with Crippen LogP contribution in [-0.4, -0.2) is 30.8 Å². The molecule has 9 heteroatoms. The van der Waals surface area contributed by atoms with E-state index in [-0.39, 0.29) is 11.4 Å². The molecule has 5 rings (SSSR count). The summed E-state index contributed by atoms with van der Waals surface area (Å²) in [6.45, 7) is 0.826. The van der Waals surface area contributed by atoms with Gasteiger partial charge in [0.1, 0.15) is 11.6 Å². The summed E-state index contributed by atoms with van der Waals surface area (Å²) < 4.78 is 21.8. The van der Waals surface area contributed by atoms with Crippen molar-refractivity contribution in [3.8, 4) is 22.7 Å². The molecule has 0 bridgehead atoms. The number of rotatable bonds is 4. The summed E-state index contributed by atoms with van der Waals surface area (Å²) in [5.74, 6) is 0.887. The van der Waals surface area contributed by atoms with Gasteiger partial charge in [0, 0.05) is 42.6 Å². The van der Waals surface area contributed by atoms with E-state index in [0.29, 0.717) is 22.7 Å². The van der Waals surface area contributed by atoms with Gasteiger partial charge in [-0.05, 0) is 43.2 Å². The Hall–Kier alpha value is -3.88. The largest absolute Gasteiger partial charge is 0.355 e. The summed E-state index contributed by atoms with van der Waals surface area (Å²) in [6, 6.07) is 9.56. The smallest absolute Gasteiger partial charge is 0.277 e. The van der Waals surface area contributed by atoms with Crippen LogP contribution >= 0.6 is 0 Å². The minimum absolute atomic E-state index is 0.0411. The fraction of sp³-hybridized carbons (Fsp3) is 0.227. The van der Waals surface area contributed by atoms with Crippen molar-refractivity contribution in [2.45, 2.75) is 32.2 Å². The summed E-state index contributed by atoms with van der Waals surface area (Å²) >= 11 is 0. The molecule has 1 aromatic carbocycles. The molecular formula is C22H19FN6O2. The molecule has 0 fully saturated rings. The number of carbonyl (C=O) groups excluding carboxylic acids is 1. The second-order valence-electron chi connectivity index (χ2n) is 7.37. The van der Waals surface area contributed by atoms with Gasteiger partial charge in [-0.1, -0.05) is 11.6 Å². The lowest BCUT2D eigenvalue weighted by Crippen LogP contribution is -2.13. The van der Waals surface area contributed by atoms with Gasteiger partial charge in [-0.3, -0.25) is 9.78 Å². The van der Waals surface area contributed by atoms with E-state index in [1.165, 1.54) is 12.1 Å². The highest BCUT2D eigenvalue weighted by molar-refractivity contribution is 6.03. The lowest BCUT2D eigenvalue weighted by molar-refractivity contribution is 0.101. The number of benzene rings is 1. The molecule has 0 spiro atoms. The van der Waals surface area contributed by atoms with Gasteiger partial charge in [-0.15, -0.1) is 10.2 Å². The number of amides is 1. The van der Waals surface area contributed by atoms with E-state index in [1.54, 1.807) is 36.7 Å². The molecule has 0 saturated carbocycles. The van der Waals surface area contributed by atoms with E-state index in [0.717, 1.165) is 38.1 Å². The minimum atomic E-state index is -0.574. The highest BCUT2D eigenvalue weighted by Gasteiger charge is 2.19. The maximum atomic E-state index is 14.5. The van der Waals surface area contributed by atoms with Crippen molar-refractivity contribution in [2.75, 3.05) is 5.32 Å². The second-order valence-corrected chi connectivity index (χ2v) is 7.37. The van der Waals surface area contributed by atoms with Crippen LogP contribution < -0.4 is 5.32 Å². The van der Waals surface area contributed by atoms with Gasteiger partial charge in [0.05, 0.1) is 5.69 Å². The molecule has 1 aliphatic rings. The number of halogens is 1. The SMILES string of the molecule is O=C(Nc1cc(-c2nnc3n2CCCCC3)ccc1F)c1cc(-c2cccnc2)on1. The van der Waals surface area contributed by atoms with Gasteiger partial charge >= 0.3 is 0 Å². The normalized spacial score (nSPS) is 13.5. The summed E-state index contributed by atoms with van der Waals surface area (Å²) in [5, 5.41) is 15.0. The molecule has 4 heterocycles. The van der Waals surface area contributed by atoms with Gasteiger partial charge < -0.3 is 14.4 Å². The van der Waals surface area contributed by atoms with Gasteiger partial charge in [-0.25, -0.2) is 4.39 Å². The van der Waals surface area contributed by atoms with Gasteiger partial charge in [0.2, 0.25) is 0 Å². The van der Waals surface area contributed by atoms with Gasteiger partial charge in [-0.2, -0.15) is 0 Å². The number of nitrogens with zero attached hydrogens (tertiary/aromatic N) is 5. The minimum Gasteiger partial charge on any atom is -0.355 e. The maximum Gasteiger partial charge on any atom is 0.277 e. The number of fused-ring (bicyclic) bond motifs is 1. The zero-order chi connectivity index (χ0) is 21.2. The Morgan fingerprint density at radius 1 is 1.10 bits per heavy atom. The van der Waals surface area contributed by atoms with Crippen LogP contribution in [0.25, 0.3) is 22.7 Å². The predicted octanol–water partition coefficient (Wildman–Crippen LogP) is 4.11. The van der Waals surface area contributed by atoms with Gasteiger partial charge in [0.15, 0.2) is 17.3 Å². The van der Waals surface area contributed by atoms with E-state index in [1.807, 2.05) is 0 Å². The molecule has 0 aliphatic carbocycles. The molecule has 0 unspecified atom stereocenters. The third-order valence-corrected chi connectivity index (χ3v) is 5.27. The average molecular weight is 418 g/mol. The summed E-state index contributed by atoms with van der Waals surface area (Å²) in [5.41, 5.74) is 1.46. The Bertz CT molecular complexity index is 1230. The van der Waals surface area contributed by atoms with Crippen molar-refractivity contribution in [3.63, 3.8) is 0 Å². The third-order valence-electron chi connectivity index (χ3n) is 5.27. The number of carbonyl (C=O) groups is 1. The molecule has 0 atom stereocenters. The number of nitrogens with one attached hydrogen (secondary N) is 1. The van der Waals surface area contributed by atoms with Crippen molar-refractivity contribution in [3.05, 3.63) is 66.1 Å². The molecule has 1 aliphatic heterocycles. The van der Waals surface area contributed by atoms with Crippen molar-refractivity contribution in [1.29, 1.82) is 0 Å². The molecule has 31 heavy (non-hydrogen) atoms. The van der Waals surface area contributed by atoms with Crippen LogP contribution in [0.15, 0.2) is 53.3 Å². The van der Waals surface area contributed by atoms with Crippen LogP contribution in [0, 0.1) is 5.82 Å². The third kappa shape index (κ3) is 3.81. The van der Waals surface area contributed by atoms with Crippen LogP contribution in [0.3, 0.4) is 0 Å². The molecule has 3 aromatic heterocycles. The fourth-order valence-corrected chi connectivity index (χ4v) is 3.67. The summed E-state index contributed by atoms with van der Waals surface area (Å²) in [6.07, 6.45) is 7.40. The van der Waals surface area contributed by atoms with Crippen LogP contribution in [0.5, 0.6) is 0 Å². The molecule has 156 valence electrons. The quantitative estimate of drug-likeness (QED) is 0.535. The highest BCUT2D eigenvalue weighted by atomic mass is 19.1. The number of hydrogen-bond acceptors (Lipinski definition) is 6. The number of aryl methyl sites for hydroxylation is 1. The first kappa shape index (κ1) is 19.1. The van der Waals surface area contributed by atoms with Crippen LogP contribution in [-0.2, 0) is 13.0 Å². The topological polar surface area (TPSA) is 98.7 Å². The standard InChI is InChI=1S/C22H19FN6O2/c23-16-8-7-14(21-27-26-20-6-2-1-3-10-29(20)21)11-17(16)25-22(30)18-12-19(31-28-18)15-5-4-9-24-13-15/h4-5,7-9,11-13H,1-3,6,10H2,(H,25,30). The van der Waals surface area contributed by atoms with Crippen molar-refractivity contribution < 1.29 is 13.7 Å². The lowest BCUT2D eigenvalue weighted by atomic mass is 10.1. The van der Waals surface area contributed by atoms with E-state index >= 15 is 0 Å². The molecule has 1 amide bonds. The van der Waals surface area contributed by atoms with E-state index in [2.05, 4.69) is 30.2 Å². The first-order valence-corrected chi connectivity index (χ1v) is 10.1. The molecule has 0 saturated heterocycles. The molecule has 8 nitrogen and oxygen atoms in total. The average Bonchev–Trinajstić information content (AvgIpc) is 3.38. The maximum absolute atomic E-state index is 14.5. The summed E-state index contributed by atoms with van der Waals surface area (Å²) in [7, 11) is 0. The Balaban J connectivity index is 1.40. The number of hydrogen-bond donors (Lipinski definition) is 1. The zero-order valence-electron chi connectivity index (χ0n) is 16.6. The van der Waals surface area contributed by atoms with Crippen LogP contribution in [0.2, 0.25) is 0 Å². The van der Waals surface area contributed by atoms with E-state index < -0.39 is 11.7 Å². The number of aromatic nitrogens is 5. The number of anilines is 1. The van der Waals surface area contributed by atoms with E-state index in [9.17, 15) is 9.18 Å². The fourth-order valence-electron chi connectivity index (χ4n) is 3.67.